The lowest BCUT2D eigenvalue weighted by atomic mass is 10.2. The van der Waals surface area contributed by atoms with Gasteiger partial charge in [-0.2, -0.15) is 14.9 Å². The van der Waals surface area contributed by atoms with Gasteiger partial charge in [-0.25, -0.2) is 0 Å². The van der Waals surface area contributed by atoms with Crippen molar-refractivity contribution in [2.24, 2.45) is 5.10 Å². The molecule has 1 N–H and O–H groups in total. The molecular weight excluding hydrogens is 224 g/mol. The first-order chi connectivity index (χ1) is 7.81. The van der Waals surface area contributed by atoms with Crippen LogP contribution in [0.25, 0.3) is 0 Å². The summed E-state index contributed by atoms with van der Waals surface area (Å²) in [5, 5.41) is 10.5. The summed E-state index contributed by atoms with van der Waals surface area (Å²) >= 11 is 4.96. The average molecular weight is 234 g/mol. The maximum Gasteiger partial charge on any atom is 0.216 e. The Morgan fingerprint density at radius 2 is 2.31 bits per heavy atom. The summed E-state index contributed by atoms with van der Waals surface area (Å²) in [4.78, 5) is 0. The number of aromatic nitrogens is 3. The Morgan fingerprint density at radius 1 is 1.50 bits per heavy atom. The molecule has 1 heterocycles. The molecule has 0 saturated heterocycles. The summed E-state index contributed by atoms with van der Waals surface area (Å²) in [7, 11) is 1.62. The molecule has 0 aliphatic carbocycles. The summed E-state index contributed by atoms with van der Waals surface area (Å²) in [6.07, 6.45) is 3.18. The molecule has 0 atom stereocenters. The van der Waals surface area contributed by atoms with Crippen molar-refractivity contribution < 1.29 is 4.74 Å². The average Bonchev–Trinajstić information content (AvgIpc) is 2.72. The van der Waals surface area contributed by atoms with Gasteiger partial charge in [-0.3, -0.25) is 5.10 Å². The van der Waals surface area contributed by atoms with Crippen LogP contribution in [0.4, 0.5) is 0 Å². The first kappa shape index (κ1) is 10.6. The summed E-state index contributed by atoms with van der Waals surface area (Å²) < 4.78 is 7.12. The molecule has 16 heavy (non-hydrogen) atoms. The van der Waals surface area contributed by atoms with E-state index in [2.05, 4.69) is 15.3 Å². The van der Waals surface area contributed by atoms with Gasteiger partial charge in [0.25, 0.3) is 0 Å². The predicted octanol–water partition coefficient (Wildman–Crippen LogP) is 1.83. The standard InChI is InChI=1S/C10H10N4OS/c1-15-9-5-3-2-4-8(9)6-12-14-7-11-13-10(14)16/h2-7H,1H3,(H,13,16)/b12-6-. The first-order valence-electron chi connectivity index (χ1n) is 4.60. The maximum absolute atomic E-state index is 5.20. The Hall–Kier alpha value is -1.95. The summed E-state index contributed by atoms with van der Waals surface area (Å²) in [5.41, 5.74) is 0.883. The second-order valence-corrected chi connectivity index (χ2v) is 3.38. The number of nitrogens with zero attached hydrogens (tertiary/aromatic N) is 3. The number of ether oxygens (including phenoxy) is 1. The smallest absolute Gasteiger partial charge is 0.216 e. The predicted molar refractivity (Wildman–Crippen MR) is 63.4 cm³/mol. The molecule has 2 aromatic rings. The van der Waals surface area contributed by atoms with E-state index < -0.39 is 0 Å². The highest BCUT2D eigenvalue weighted by atomic mass is 32.1. The van der Waals surface area contributed by atoms with Crippen molar-refractivity contribution in [3.63, 3.8) is 0 Å². The number of rotatable bonds is 3. The van der Waals surface area contributed by atoms with Crippen LogP contribution in [0.2, 0.25) is 0 Å². The molecule has 2 rings (SSSR count). The van der Waals surface area contributed by atoms with Gasteiger partial charge >= 0.3 is 0 Å². The van der Waals surface area contributed by atoms with Crippen molar-refractivity contribution in [2.45, 2.75) is 0 Å². The van der Waals surface area contributed by atoms with Crippen molar-refractivity contribution >= 4 is 18.4 Å². The zero-order chi connectivity index (χ0) is 11.4. The van der Waals surface area contributed by atoms with Gasteiger partial charge in [-0.1, -0.05) is 12.1 Å². The van der Waals surface area contributed by atoms with Crippen LogP contribution >= 0.6 is 12.2 Å². The van der Waals surface area contributed by atoms with E-state index in [-0.39, 0.29) is 0 Å². The van der Waals surface area contributed by atoms with Gasteiger partial charge in [-0.15, -0.1) is 0 Å². The lowest BCUT2D eigenvalue weighted by molar-refractivity contribution is 0.414. The van der Waals surface area contributed by atoms with Crippen LogP contribution in [0.5, 0.6) is 5.75 Å². The van der Waals surface area contributed by atoms with Crippen LogP contribution in [0, 0.1) is 4.77 Å². The SMILES string of the molecule is COc1ccccc1/C=N\n1cn[nH]c1=S. The van der Waals surface area contributed by atoms with Gasteiger partial charge < -0.3 is 4.74 Å². The number of methoxy groups -OCH3 is 1. The number of aromatic amines is 1. The summed E-state index contributed by atoms with van der Waals surface area (Å²) in [6, 6.07) is 7.60. The topological polar surface area (TPSA) is 55.2 Å². The van der Waals surface area contributed by atoms with Gasteiger partial charge in [0.2, 0.25) is 4.77 Å². The third-order valence-corrected chi connectivity index (χ3v) is 2.27. The lowest BCUT2D eigenvalue weighted by Gasteiger charge is -2.02. The third-order valence-electron chi connectivity index (χ3n) is 2.00. The minimum atomic E-state index is 0.450. The number of hydrogen-bond donors (Lipinski definition) is 1. The molecule has 82 valence electrons. The molecule has 0 amide bonds. The zero-order valence-corrected chi connectivity index (χ0v) is 9.44. The normalized spacial score (nSPS) is 10.8. The molecule has 5 nitrogen and oxygen atoms in total. The van der Waals surface area contributed by atoms with Crippen molar-refractivity contribution in [2.75, 3.05) is 7.11 Å². The van der Waals surface area contributed by atoms with E-state index in [1.807, 2.05) is 24.3 Å². The van der Waals surface area contributed by atoms with E-state index in [0.29, 0.717) is 4.77 Å². The van der Waals surface area contributed by atoms with Crippen molar-refractivity contribution in [3.05, 3.63) is 40.9 Å². The molecule has 0 aliphatic heterocycles. The largest absolute Gasteiger partial charge is 0.496 e. The minimum absolute atomic E-state index is 0.450. The molecular formula is C10H10N4OS. The van der Waals surface area contributed by atoms with Gasteiger partial charge in [-0.05, 0) is 24.4 Å². The van der Waals surface area contributed by atoms with Gasteiger partial charge in [0.05, 0.1) is 13.3 Å². The number of benzene rings is 1. The molecule has 0 saturated carbocycles. The second-order valence-electron chi connectivity index (χ2n) is 2.99. The third kappa shape index (κ3) is 2.17. The highest BCUT2D eigenvalue weighted by molar-refractivity contribution is 7.71. The van der Waals surface area contributed by atoms with E-state index in [1.165, 1.54) is 11.0 Å². The summed E-state index contributed by atoms with van der Waals surface area (Å²) in [5.74, 6) is 0.765. The fraction of sp³-hybridized carbons (Fsp3) is 0.100. The molecule has 6 heteroatoms. The Kier molecular flexibility index (Phi) is 3.11. The van der Waals surface area contributed by atoms with Crippen molar-refractivity contribution in [3.8, 4) is 5.75 Å². The fourth-order valence-electron chi connectivity index (χ4n) is 1.22. The summed E-state index contributed by atoms with van der Waals surface area (Å²) in [6.45, 7) is 0. The Bertz CT molecular complexity index is 558. The van der Waals surface area contributed by atoms with Crippen molar-refractivity contribution in [1.29, 1.82) is 0 Å². The van der Waals surface area contributed by atoms with Gasteiger partial charge in [0.1, 0.15) is 12.1 Å². The maximum atomic E-state index is 5.20. The molecule has 1 aromatic heterocycles. The number of hydrogen-bond acceptors (Lipinski definition) is 4. The van der Waals surface area contributed by atoms with E-state index in [4.69, 9.17) is 17.0 Å². The highest BCUT2D eigenvalue weighted by Gasteiger charge is 1.97. The minimum Gasteiger partial charge on any atom is -0.496 e. The van der Waals surface area contributed by atoms with Crippen LogP contribution in [0.1, 0.15) is 5.56 Å². The van der Waals surface area contributed by atoms with E-state index in [9.17, 15) is 0 Å². The number of H-pyrrole nitrogens is 1. The monoisotopic (exact) mass is 234 g/mol. The Balaban J connectivity index is 2.30. The lowest BCUT2D eigenvalue weighted by Crippen LogP contribution is -1.92. The van der Waals surface area contributed by atoms with Crippen LogP contribution in [0.3, 0.4) is 0 Å². The van der Waals surface area contributed by atoms with Gasteiger partial charge in [0.15, 0.2) is 0 Å². The van der Waals surface area contributed by atoms with Gasteiger partial charge in [0, 0.05) is 5.56 Å². The fourth-order valence-corrected chi connectivity index (χ4v) is 1.37. The molecule has 1 aromatic carbocycles. The van der Waals surface area contributed by atoms with Crippen molar-refractivity contribution in [1.82, 2.24) is 14.9 Å². The van der Waals surface area contributed by atoms with E-state index in [1.54, 1.807) is 13.3 Å². The Labute approximate surface area is 97.4 Å². The van der Waals surface area contributed by atoms with Crippen LogP contribution in [0.15, 0.2) is 35.7 Å². The number of para-hydroxylation sites is 1. The number of nitrogens with one attached hydrogen (secondary N) is 1. The second kappa shape index (κ2) is 4.71. The first-order valence-corrected chi connectivity index (χ1v) is 5.01. The zero-order valence-electron chi connectivity index (χ0n) is 8.62. The van der Waals surface area contributed by atoms with E-state index >= 15 is 0 Å². The van der Waals surface area contributed by atoms with Crippen LogP contribution < -0.4 is 4.74 Å². The Morgan fingerprint density at radius 3 is 3.00 bits per heavy atom. The molecule has 0 aliphatic rings. The quantitative estimate of drug-likeness (QED) is 0.651. The molecule has 0 radical (unpaired) electrons. The van der Waals surface area contributed by atoms with Crippen LogP contribution in [-0.4, -0.2) is 28.2 Å². The molecule has 0 bridgehead atoms. The molecule has 0 spiro atoms. The highest BCUT2D eigenvalue weighted by Crippen LogP contribution is 2.14. The van der Waals surface area contributed by atoms with Crippen LogP contribution in [-0.2, 0) is 0 Å². The van der Waals surface area contributed by atoms with E-state index in [0.717, 1.165) is 11.3 Å². The molecule has 0 unspecified atom stereocenters. The molecule has 0 fully saturated rings.